The normalized spacial score (nSPS) is 39.1. The second-order valence-electron chi connectivity index (χ2n) is 11.5. The maximum absolute atomic E-state index is 12.5. The van der Waals surface area contributed by atoms with Crippen LogP contribution in [0.25, 0.3) is 0 Å². The van der Waals surface area contributed by atoms with E-state index < -0.39 is 25.2 Å². The number of hydrogen-bond donors (Lipinski definition) is 2. The Balaban J connectivity index is 1.37. The quantitative estimate of drug-likeness (QED) is 0.498. The Kier molecular flexibility index (Phi) is 8.33. The number of hydrogen-bond acceptors (Lipinski definition) is 4. The van der Waals surface area contributed by atoms with Crippen molar-refractivity contribution in [1.82, 2.24) is 4.90 Å². The molecule has 7 atom stereocenters. The van der Waals surface area contributed by atoms with E-state index in [9.17, 15) is 19.0 Å². The standard InChI is InChI=1S/C28H43F2NO3/c1-18(15-31-12-10-22(16-31)34-17-27(29)30)23-8-9-24-21(5-4-11-28(23,24)3)7-6-20-13-25(32)19(2)26(33)14-20/h6-7,18,22-27,32-33H,2,4-5,8-17H2,1,3H3/b21-7+/t18?,22-,23+,24-,25+,26+,28+/m0/s1. The first-order valence-electron chi connectivity index (χ1n) is 13.2. The third-order valence-corrected chi connectivity index (χ3v) is 9.26. The summed E-state index contributed by atoms with van der Waals surface area (Å²) in [6.45, 7) is 11.0. The van der Waals surface area contributed by atoms with Crippen molar-refractivity contribution in [2.75, 3.05) is 26.2 Å². The Morgan fingerprint density at radius 1 is 1.18 bits per heavy atom. The Hall–Kier alpha value is -1.08. The molecule has 1 aliphatic heterocycles. The van der Waals surface area contributed by atoms with Gasteiger partial charge in [-0.3, -0.25) is 0 Å². The van der Waals surface area contributed by atoms with E-state index in [1.807, 2.05) is 0 Å². The number of aliphatic hydroxyl groups is 2. The molecule has 3 aliphatic carbocycles. The number of allylic oxidation sites excluding steroid dienone is 3. The van der Waals surface area contributed by atoms with Crippen molar-refractivity contribution in [3.63, 3.8) is 0 Å². The Morgan fingerprint density at radius 2 is 1.91 bits per heavy atom. The molecule has 4 rings (SSSR count). The molecule has 0 radical (unpaired) electrons. The summed E-state index contributed by atoms with van der Waals surface area (Å²) in [5.41, 5.74) is 3.47. The van der Waals surface area contributed by atoms with E-state index in [1.54, 1.807) is 0 Å². The van der Waals surface area contributed by atoms with Crippen LogP contribution in [0.2, 0.25) is 0 Å². The van der Waals surface area contributed by atoms with Crippen LogP contribution < -0.4 is 0 Å². The van der Waals surface area contributed by atoms with Crippen LogP contribution in [0.15, 0.2) is 35.5 Å². The third kappa shape index (κ3) is 5.66. The van der Waals surface area contributed by atoms with Gasteiger partial charge < -0.3 is 19.8 Å². The summed E-state index contributed by atoms with van der Waals surface area (Å²) in [5.74, 6) is 1.83. The van der Waals surface area contributed by atoms with Crippen molar-refractivity contribution in [1.29, 1.82) is 0 Å². The predicted molar refractivity (Wildman–Crippen MR) is 131 cm³/mol. The molecule has 6 heteroatoms. The van der Waals surface area contributed by atoms with E-state index in [0.29, 0.717) is 41.6 Å². The second-order valence-corrected chi connectivity index (χ2v) is 11.5. The lowest BCUT2D eigenvalue weighted by Gasteiger charge is -2.45. The van der Waals surface area contributed by atoms with Crippen molar-refractivity contribution in [2.45, 2.75) is 90.0 Å². The summed E-state index contributed by atoms with van der Waals surface area (Å²) in [6.07, 6.45) is 8.77. The molecule has 2 N–H and O–H groups in total. The summed E-state index contributed by atoms with van der Waals surface area (Å²) >= 11 is 0. The number of aliphatic hydroxyl groups excluding tert-OH is 2. The molecule has 4 fully saturated rings. The van der Waals surface area contributed by atoms with Crippen LogP contribution in [-0.2, 0) is 4.74 Å². The number of halogens is 2. The summed E-state index contributed by atoms with van der Waals surface area (Å²) in [4.78, 5) is 2.41. The van der Waals surface area contributed by atoms with Gasteiger partial charge in [0.25, 0.3) is 6.43 Å². The number of ether oxygens (including phenoxy) is 1. The number of fused-ring (bicyclic) bond motifs is 1. The summed E-state index contributed by atoms with van der Waals surface area (Å²) in [6, 6.07) is 0. The van der Waals surface area contributed by atoms with Crippen LogP contribution in [0, 0.1) is 23.2 Å². The SMILES string of the molecule is C=C1[C@H](O)CC(=C/C=C2\CCC[C@]3(C)[C@@H](C(C)CN4CC[C@H](OCC(F)F)C4)CC[C@@H]23)C[C@H]1O. The van der Waals surface area contributed by atoms with Gasteiger partial charge in [-0.2, -0.15) is 0 Å². The maximum atomic E-state index is 12.5. The van der Waals surface area contributed by atoms with Crippen molar-refractivity contribution >= 4 is 0 Å². The topological polar surface area (TPSA) is 52.9 Å². The van der Waals surface area contributed by atoms with Gasteiger partial charge in [-0.1, -0.05) is 43.7 Å². The lowest BCUT2D eigenvalue weighted by Crippen LogP contribution is -2.39. The molecule has 34 heavy (non-hydrogen) atoms. The molecule has 4 aliphatic rings. The highest BCUT2D eigenvalue weighted by Crippen LogP contribution is 2.59. The first-order valence-corrected chi connectivity index (χ1v) is 13.2. The summed E-state index contributed by atoms with van der Waals surface area (Å²) in [5, 5.41) is 20.3. The highest BCUT2D eigenvalue weighted by molar-refractivity contribution is 5.29. The summed E-state index contributed by atoms with van der Waals surface area (Å²) in [7, 11) is 0. The largest absolute Gasteiger partial charge is 0.388 e. The second kappa shape index (κ2) is 10.9. The van der Waals surface area contributed by atoms with Gasteiger partial charge in [-0.25, -0.2) is 8.78 Å². The Labute approximate surface area is 203 Å². The van der Waals surface area contributed by atoms with Gasteiger partial charge in [0.15, 0.2) is 0 Å². The van der Waals surface area contributed by atoms with E-state index in [1.165, 1.54) is 31.3 Å². The lowest BCUT2D eigenvalue weighted by atomic mass is 9.61. The van der Waals surface area contributed by atoms with Crippen LogP contribution in [0.3, 0.4) is 0 Å². The molecule has 192 valence electrons. The van der Waals surface area contributed by atoms with E-state index in [4.69, 9.17) is 4.74 Å². The highest BCUT2D eigenvalue weighted by Gasteiger charge is 2.50. The van der Waals surface area contributed by atoms with E-state index in [-0.39, 0.29) is 6.10 Å². The van der Waals surface area contributed by atoms with Crippen LogP contribution in [-0.4, -0.2) is 66.1 Å². The Bertz CT molecular complexity index is 781. The molecular weight excluding hydrogens is 436 g/mol. The first-order chi connectivity index (χ1) is 16.2. The van der Waals surface area contributed by atoms with Gasteiger partial charge >= 0.3 is 0 Å². The number of likely N-dealkylation sites (tertiary alicyclic amines) is 1. The van der Waals surface area contributed by atoms with Gasteiger partial charge in [0.1, 0.15) is 6.61 Å². The third-order valence-electron chi connectivity index (χ3n) is 9.26. The van der Waals surface area contributed by atoms with E-state index in [2.05, 4.69) is 37.5 Å². The predicted octanol–water partition coefficient (Wildman–Crippen LogP) is 5.12. The van der Waals surface area contributed by atoms with Crippen molar-refractivity contribution in [3.05, 3.63) is 35.5 Å². The van der Waals surface area contributed by atoms with Gasteiger partial charge in [0, 0.05) is 19.6 Å². The monoisotopic (exact) mass is 479 g/mol. The molecule has 0 bridgehead atoms. The number of alkyl halides is 2. The average Bonchev–Trinajstić information content (AvgIpc) is 3.38. The zero-order chi connectivity index (χ0) is 24.5. The number of nitrogens with zero attached hydrogens (tertiary/aromatic N) is 1. The maximum Gasteiger partial charge on any atom is 0.261 e. The smallest absolute Gasteiger partial charge is 0.261 e. The fourth-order valence-electron chi connectivity index (χ4n) is 7.48. The lowest BCUT2D eigenvalue weighted by molar-refractivity contribution is -0.0207. The molecule has 3 saturated carbocycles. The molecule has 0 aromatic heterocycles. The first kappa shape index (κ1) is 26.0. The van der Waals surface area contributed by atoms with Crippen LogP contribution in [0.4, 0.5) is 8.78 Å². The van der Waals surface area contributed by atoms with E-state index in [0.717, 1.165) is 38.0 Å². The Morgan fingerprint density at radius 3 is 2.62 bits per heavy atom. The molecule has 1 unspecified atom stereocenters. The molecule has 1 heterocycles. The summed E-state index contributed by atoms with van der Waals surface area (Å²) < 4.78 is 30.3. The minimum absolute atomic E-state index is 0.0561. The van der Waals surface area contributed by atoms with E-state index >= 15 is 0 Å². The van der Waals surface area contributed by atoms with Crippen LogP contribution >= 0.6 is 0 Å². The zero-order valence-electron chi connectivity index (χ0n) is 20.9. The van der Waals surface area contributed by atoms with Gasteiger partial charge in [0.05, 0.1) is 18.3 Å². The van der Waals surface area contributed by atoms with Crippen molar-refractivity contribution in [2.24, 2.45) is 23.2 Å². The van der Waals surface area contributed by atoms with Gasteiger partial charge in [-0.15, -0.1) is 0 Å². The molecule has 0 amide bonds. The minimum Gasteiger partial charge on any atom is -0.388 e. The van der Waals surface area contributed by atoms with Gasteiger partial charge in [0.2, 0.25) is 0 Å². The fourth-order valence-corrected chi connectivity index (χ4v) is 7.48. The molecular formula is C28H43F2NO3. The molecule has 0 aromatic rings. The van der Waals surface area contributed by atoms with Crippen molar-refractivity contribution < 1.29 is 23.7 Å². The minimum atomic E-state index is -2.39. The molecule has 1 saturated heterocycles. The van der Waals surface area contributed by atoms with Crippen LogP contribution in [0.1, 0.15) is 65.2 Å². The average molecular weight is 480 g/mol. The molecule has 0 aromatic carbocycles. The molecule has 0 spiro atoms. The van der Waals surface area contributed by atoms with Gasteiger partial charge in [-0.05, 0) is 80.1 Å². The molecule has 4 nitrogen and oxygen atoms in total. The fraction of sp³-hybridized carbons (Fsp3) is 0.786. The number of rotatable bonds is 7. The zero-order valence-corrected chi connectivity index (χ0v) is 20.9. The highest BCUT2D eigenvalue weighted by atomic mass is 19.3. The van der Waals surface area contributed by atoms with Crippen molar-refractivity contribution in [3.8, 4) is 0 Å². The van der Waals surface area contributed by atoms with Crippen LogP contribution in [0.5, 0.6) is 0 Å².